The second kappa shape index (κ2) is 9.53. The van der Waals surface area contributed by atoms with Crippen LogP contribution >= 0.6 is 0 Å². The van der Waals surface area contributed by atoms with Crippen LogP contribution in [0.1, 0.15) is 34.3 Å². The predicted molar refractivity (Wildman–Crippen MR) is 198 cm³/mol. The van der Waals surface area contributed by atoms with E-state index in [1.54, 1.807) is 0 Å². The Morgan fingerprint density at radius 2 is 1.11 bits per heavy atom. The summed E-state index contributed by atoms with van der Waals surface area (Å²) in [4.78, 5) is 0. The van der Waals surface area contributed by atoms with E-state index in [-0.39, 0.29) is 25.3 Å². The van der Waals surface area contributed by atoms with Gasteiger partial charge in [-0.15, -0.1) is 0 Å². The molecule has 218 valence electrons. The van der Waals surface area contributed by atoms with Gasteiger partial charge in [0, 0.05) is 0 Å². The fourth-order valence-corrected chi connectivity index (χ4v) is 8.64. The van der Waals surface area contributed by atoms with Crippen molar-refractivity contribution in [1.29, 1.82) is 0 Å². The van der Waals surface area contributed by atoms with Crippen molar-refractivity contribution in [1.82, 2.24) is 9.13 Å². The molecule has 3 nitrogen and oxygen atoms in total. The standard InChI is InChI=1S/C42H25BN2OSe/c1-7-19-34-27(12-1)28-13-2-8-20-35(28)45(34)36-21-11-15-30-29-14-3-6-18-33(29)44(42(30)36)26-24-38-41-40(25-26)47-39-23-10-5-17-32(39)43(41)31-16-4-9-22-37(31)46-38/h1-25H/i1D,2D,3D,4D,5D,6D,7D,8D,9D,10D,11D,12D,13D,14D,15D,16D,17D,18D,19D,20D,21D,22D,23D,24D,25D. The van der Waals surface area contributed by atoms with Gasteiger partial charge < -0.3 is 0 Å². The molecule has 0 radical (unpaired) electrons. The zero-order chi connectivity index (χ0) is 52.4. The summed E-state index contributed by atoms with van der Waals surface area (Å²) >= 11 is -1.37. The quantitative estimate of drug-likeness (QED) is 0.191. The molecule has 0 spiro atoms. The van der Waals surface area contributed by atoms with Crippen molar-refractivity contribution in [3.63, 3.8) is 0 Å². The molecule has 2 aliphatic heterocycles. The molecule has 0 fully saturated rings. The van der Waals surface area contributed by atoms with Crippen LogP contribution in [-0.2, 0) is 0 Å². The van der Waals surface area contributed by atoms with Crippen LogP contribution in [0.5, 0.6) is 11.5 Å². The fourth-order valence-electron chi connectivity index (χ4n) is 6.43. The number of ether oxygens (including phenoxy) is 1. The first-order valence-corrected chi connectivity index (χ1v) is 15.7. The minimum atomic E-state index is -1.52. The number of nitrogens with zero attached hydrogens (tertiary/aromatic N) is 2. The summed E-state index contributed by atoms with van der Waals surface area (Å²) in [7, 11) is 0. The van der Waals surface area contributed by atoms with Crippen LogP contribution in [0.15, 0.2) is 151 Å². The number of hydrogen-bond donors (Lipinski definition) is 0. The third-order valence-corrected chi connectivity index (χ3v) is 10.5. The number of fused-ring (bicyclic) bond motifs is 10. The Morgan fingerprint density at radius 3 is 1.87 bits per heavy atom. The van der Waals surface area contributed by atoms with Crippen molar-refractivity contribution < 1.29 is 39.0 Å². The Labute approximate surface area is 313 Å². The normalized spacial score (nSPS) is 20.6. The van der Waals surface area contributed by atoms with E-state index < -0.39 is 239 Å². The van der Waals surface area contributed by atoms with Crippen molar-refractivity contribution in [2.75, 3.05) is 0 Å². The molecule has 9 aromatic rings. The Hall–Kier alpha value is -5.48. The van der Waals surface area contributed by atoms with Gasteiger partial charge in [-0.05, 0) is 0 Å². The van der Waals surface area contributed by atoms with Gasteiger partial charge in [0.15, 0.2) is 0 Å². The number of rotatable bonds is 2. The van der Waals surface area contributed by atoms with E-state index in [1.165, 1.54) is 0 Å². The van der Waals surface area contributed by atoms with Gasteiger partial charge in [0.2, 0.25) is 0 Å². The fraction of sp³-hybridized carbons (Fsp3) is 0. The Morgan fingerprint density at radius 1 is 0.511 bits per heavy atom. The molecular weight excluding hydrogens is 638 g/mol. The zero-order valence-corrected chi connectivity index (χ0v) is 25.0. The first kappa shape index (κ1) is 11.6. The molecule has 0 aliphatic carbocycles. The van der Waals surface area contributed by atoms with Crippen molar-refractivity contribution in [2.45, 2.75) is 0 Å². The summed E-state index contributed by atoms with van der Waals surface area (Å²) in [5.74, 6) is -1.06. The van der Waals surface area contributed by atoms with E-state index in [0.717, 1.165) is 9.13 Å². The molecule has 4 heterocycles. The Bertz CT molecular complexity index is 4010. The van der Waals surface area contributed by atoms with Gasteiger partial charge in [-0.3, -0.25) is 0 Å². The second-order valence-electron chi connectivity index (χ2n) is 10.6. The Balaban J connectivity index is 1.44. The van der Waals surface area contributed by atoms with E-state index in [9.17, 15) is 12.3 Å². The average Bonchev–Trinajstić information content (AvgIpc) is 3.90. The molecule has 47 heavy (non-hydrogen) atoms. The SMILES string of the molecule is [2H]c1c([2H])c([2H])c2c(c1[2H])Oc1c([2H])c(-n3c4c([2H])c([2H])c([2H])c([2H])c4c4c([2H])c([2H])c([2H])c(-n5c6c([2H])c([2H])c([2H])c([2H])c6c6c([2H])c([2H])c([2H])c([2H])c65)c43)c([2H])c3c1B2c1c([2H])c([2H])c([2H])c([2H])c1[Se]3. The van der Waals surface area contributed by atoms with E-state index in [0.29, 0.717) is 0 Å². The molecule has 2 aliphatic rings. The summed E-state index contributed by atoms with van der Waals surface area (Å²) in [6.45, 7) is -1.52. The maximum atomic E-state index is 10.1. The molecule has 0 unspecified atom stereocenters. The van der Waals surface area contributed by atoms with E-state index >= 15 is 0 Å². The van der Waals surface area contributed by atoms with Crippen LogP contribution in [0, 0.1) is 0 Å². The van der Waals surface area contributed by atoms with Gasteiger partial charge >= 0.3 is 313 Å². The summed E-state index contributed by atoms with van der Waals surface area (Å²) in [6.07, 6.45) is 0. The van der Waals surface area contributed by atoms with Gasteiger partial charge in [0.25, 0.3) is 0 Å². The van der Waals surface area contributed by atoms with Crippen molar-refractivity contribution >= 4 is 90.6 Å². The van der Waals surface area contributed by atoms with Crippen molar-refractivity contribution in [3.05, 3.63) is 151 Å². The first-order chi connectivity index (χ1) is 33.7. The molecule has 7 aromatic carbocycles. The molecule has 0 saturated heterocycles. The summed E-state index contributed by atoms with van der Waals surface area (Å²) in [6, 6.07) is -19.5. The van der Waals surface area contributed by atoms with Crippen LogP contribution in [-0.4, -0.2) is 30.8 Å². The molecule has 0 bridgehead atoms. The van der Waals surface area contributed by atoms with E-state index in [4.69, 9.17) is 26.7 Å². The first-order valence-electron chi connectivity index (χ1n) is 26.5. The molecule has 11 rings (SSSR count). The van der Waals surface area contributed by atoms with Gasteiger partial charge in [0.05, 0.1) is 0 Å². The topological polar surface area (TPSA) is 19.1 Å². The predicted octanol–water partition coefficient (Wildman–Crippen LogP) is 6.47. The average molecular weight is 689 g/mol. The second-order valence-corrected chi connectivity index (χ2v) is 12.7. The van der Waals surface area contributed by atoms with Gasteiger partial charge in [-0.1, -0.05) is 0 Å². The summed E-state index contributed by atoms with van der Waals surface area (Å²) in [5.41, 5.74) is -4.08. The number of hydrogen-bond acceptors (Lipinski definition) is 1. The van der Waals surface area contributed by atoms with E-state index in [1.807, 2.05) is 0 Å². The summed E-state index contributed by atoms with van der Waals surface area (Å²) in [5, 5.41) is -1.96. The van der Waals surface area contributed by atoms with Crippen molar-refractivity contribution in [2.24, 2.45) is 0 Å². The molecule has 0 saturated carbocycles. The number of aromatic nitrogens is 2. The Kier molecular flexibility index (Phi) is 2.36. The third-order valence-electron chi connectivity index (χ3n) is 8.26. The molecule has 0 atom stereocenters. The molecular formula is C42H25BN2OSe. The maximum absolute atomic E-state index is 10.1. The van der Waals surface area contributed by atoms with Gasteiger partial charge in [-0.25, -0.2) is 0 Å². The van der Waals surface area contributed by atoms with Crippen LogP contribution < -0.4 is 30.0 Å². The van der Waals surface area contributed by atoms with Crippen LogP contribution in [0.3, 0.4) is 0 Å². The van der Waals surface area contributed by atoms with Crippen LogP contribution in [0.25, 0.3) is 55.0 Å². The molecule has 5 heteroatoms. The molecule has 0 amide bonds. The van der Waals surface area contributed by atoms with Crippen molar-refractivity contribution in [3.8, 4) is 22.9 Å². The molecule has 0 N–H and O–H groups in total. The van der Waals surface area contributed by atoms with Gasteiger partial charge in [0.1, 0.15) is 0 Å². The number of benzene rings is 7. The third kappa shape index (κ3) is 3.48. The van der Waals surface area contributed by atoms with Crippen LogP contribution in [0.2, 0.25) is 0 Å². The summed E-state index contributed by atoms with van der Waals surface area (Å²) < 4.78 is 235. The molecule has 2 aromatic heterocycles. The van der Waals surface area contributed by atoms with Crippen LogP contribution in [0.4, 0.5) is 0 Å². The van der Waals surface area contributed by atoms with Gasteiger partial charge in [-0.2, -0.15) is 0 Å². The number of para-hydroxylation sites is 5. The monoisotopic (exact) mass is 689 g/mol. The zero-order valence-electron chi connectivity index (χ0n) is 48.3. The minimum absolute atomic E-state index is 0.0477. The van der Waals surface area contributed by atoms with E-state index in [2.05, 4.69) is 0 Å².